The van der Waals surface area contributed by atoms with E-state index < -0.39 is 5.91 Å². The highest BCUT2D eigenvalue weighted by Gasteiger charge is 2.11. The minimum absolute atomic E-state index is 0.0737. The van der Waals surface area contributed by atoms with Crippen molar-refractivity contribution >= 4 is 5.91 Å². The Morgan fingerprint density at radius 3 is 2.90 bits per heavy atom. The van der Waals surface area contributed by atoms with Crippen LogP contribution in [-0.2, 0) is 4.79 Å². The lowest BCUT2D eigenvalue weighted by Gasteiger charge is -2.14. The maximum atomic E-state index is 13.9. The summed E-state index contributed by atoms with van der Waals surface area (Å²) in [6.45, 7) is 4.25. The van der Waals surface area contributed by atoms with E-state index in [2.05, 4.69) is 10.6 Å². The number of hydrogen-bond donors (Lipinski definition) is 2. The van der Waals surface area contributed by atoms with Gasteiger partial charge in [0.15, 0.2) is 6.61 Å². The summed E-state index contributed by atoms with van der Waals surface area (Å²) in [7, 11) is 0. The van der Waals surface area contributed by atoms with Crippen molar-refractivity contribution < 1.29 is 13.9 Å². The molecular weight excluding hydrogens is 261 g/mol. The Labute approximate surface area is 117 Å². The smallest absolute Gasteiger partial charge is 0.258 e. The summed E-state index contributed by atoms with van der Waals surface area (Å²) in [5.74, 6) is -0.521. The summed E-state index contributed by atoms with van der Waals surface area (Å²) in [6.07, 6.45) is 0. The fraction of sp³-hybridized carbons (Fsp3) is 0.429. The van der Waals surface area contributed by atoms with Crippen LogP contribution >= 0.6 is 0 Å². The second-order valence-corrected chi connectivity index (χ2v) is 4.19. The van der Waals surface area contributed by atoms with Crippen LogP contribution in [0.4, 0.5) is 4.39 Å². The number of nitrogens with one attached hydrogen (secondary N) is 2. The number of rotatable bonds is 7. The standard InChI is InChI=1S/C14H18FN3O2/c1-3-17-10(2)12-5-4-11(8-13(12)15)20-9-14(19)18-7-6-16/h4-5,8,10,17H,3,7,9H2,1-2H3,(H,18,19). The molecule has 1 aromatic carbocycles. The first-order valence-corrected chi connectivity index (χ1v) is 6.37. The molecule has 0 aromatic heterocycles. The van der Waals surface area contributed by atoms with E-state index in [1.165, 1.54) is 6.07 Å². The van der Waals surface area contributed by atoms with Gasteiger partial charge in [0.2, 0.25) is 0 Å². The van der Waals surface area contributed by atoms with E-state index in [0.717, 1.165) is 6.54 Å². The van der Waals surface area contributed by atoms with Gasteiger partial charge in [0, 0.05) is 17.7 Å². The van der Waals surface area contributed by atoms with E-state index in [9.17, 15) is 9.18 Å². The molecule has 108 valence electrons. The van der Waals surface area contributed by atoms with Gasteiger partial charge >= 0.3 is 0 Å². The summed E-state index contributed by atoms with van der Waals surface area (Å²) in [6, 6.07) is 6.19. The van der Waals surface area contributed by atoms with Crippen molar-refractivity contribution in [2.24, 2.45) is 0 Å². The highest BCUT2D eigenvalue weighted by Crippen LogP contribution is 2.21. The number of amides is 1. The van der Waals surface area contributed by atoms with Crippen molar-refractivity contribution in [3.05, 3.63) is 29.6 Å². The van der Waals surface area contributed by atoms with Crippen molar-refractivity contribution in [3.8, 4) is 11.8 Å². The molecule has 0 aliphatic heterocycles. The summed E-state index contributed by atoms with van der Waals surface area (Å²) in [5.41, 5.74) is 0.549. The van der Waals surface area contributed by atoms with Gasteiger partial charge in [0.25, 0.3) is 5.91 Å². The van der Waals surface area contributed by atoms with Crippen molar-refractivity contribution in [2.75, 3.05) is 19.7 Å². The number of ether oxygens (including phenoxy) is 1. The van der Waals surface area contributed by atoms with E-state index in [0.29, 0.717) is 5.56 Å². The molecule has 1 atom stereocenters. The number of halogens is 1. The van der Waals surface area contributed by atoms with E-state index in [1.54, 1.807) is 18.2 Å². The average molecular weight is 279 g/mol. The van der Waals surface area contributed by atoms with Gasteiger partial charge in [-0.2, -0.15) is 5.26 Å². The van der Waals surface area contributed by atoms with Gasteiger partial charge in [-0.15, -0.1) is 0 Å². The summed E-state index contributed by atoms with van der Waals surface area (Å²) < 4.78 is 19.0. The van der Waals surface area contributed by atoms with Crippen LogP contribution in [0.25, 0.3) is 0 Å². The van der Waals surface area contributed by atoms with E-state index >= 15 is 0 Å². The van der Waals surface area contributed by atoms with Crippen molar-refractivity contribution in [2.45, 2.75) is 19.9 Å². The third-order valence-corrected chi connectivity index (χ3v) is 2.68. The Morgan fingerprint density at radius 2 is 2.30 bits per heavy atom. The third-order valence-electron chi connectivity index (χ3n) is 2.68. The molecule has 2 N–H and O–H groups in total. The van der Waals surface area contributed by atoms with Crippen molar-refractivity contribution in [3.63, 3.8) is 0 Å². The van der Waals surface area contributed by atoms with Gasteiger partial charge in [-0.05, 0) is 19.5 Å². The number of carbonyl (C=O) groups is 1. The maximum absolute atomic E-state index is 13.9. The van der Waals surface area contributed by atoms with Crippen LogP contribution in [-0.4, -0.2) is 25.6 Å². The molecular formula is C14H18FN3O2. The third kappa shape index (κ3) is 4.86. The average Bonchev–Trinajstić information content (AvgIpc) is 2.43. The Bertz CT molecular complexity index is 500. The Hall–Kier alpha value is -2.13. The molecule has 1 aromatic rings. The van der Waals surface area contributed by atoms with Crippen LogP contribution in [0.15, 0.2) is 18.2 Å². The van der Waals surface area contributed by atoms with Crippen LogP contribution < -0.4 is 15.4 Å². The number of hydrogen-bond acceptors (Lipinski definition) is 4. The largest absolute Gasteiger partial charge is 0.484 e. The molecule has 0 saturated heterocycles. The van der Waals surface area contributed by atoms with Crippen LogP contribution in [0.5, 0.6) is 5.75 Å². The summed E-state index contributed by atoms with van der Waals surface area (Å²) in [5, 5.41) is 13.8. The minimum atomic E-state index is -0.419. The quantitative estimate of drug-likeness (QED) is 0.742. The predicted molar refractivity (Wildman–Crippen MR) is 72.6 cm³/mol. The van der Waals surface area contributed by atoms with Gasteiger partial charge in [0.1, 0.15) is 18.1 Å². The molecule has 1 unspecified atom stereocenters. The molecule has 0 aliphatic carbocycles. The summed E-state index contributed by atoms with van der Waals surface area (Å²) >= 11 is 0. The molecule has 0 fully saturated rings. The minimum Gasteiger partial charge on any atom is -0.484 e. The zero-order valence-corrected chi connectivity index (χ0v) is 11.6. The fourth-order valence-electron chi connectivity index (χ4n) is 1.70. The Kier molecular flexibility index (Phi) is 6.47. The molecule has 0 aliphatic rings. The topological polar surface area (TPSA) is 74.2 Å². The first-order valence-electron chi connectivity index (χ1n) is 6.37. The van der Waals surface area contributed by atoms with Gasteiger partial charge in [-0.1, -0.05) is 13.0 Å². The van der Waals surface area contributed by atoms with Crippen LogP contribution in [0.1, 0.15) is 25.5 Å². The highest BCUT2D eigenvalue weighted by atomic mass is 19.1. The predicted octanol–water partition coefficient (Wildman–Crippen LogP) is 1.51. The van der Waals surface area contributed by atoms with E-state index in [4.69, 9.17) is 10.00 Å². The van der Waals surface area contributed by atoms with Crippen molar-refractivity contribution in [1.82, 2.24) is 10.6 Å². The molecule has 0 radical (unpaired) electrons. The normalized spacial score (nSPS) is 11.5. The number of carbonyl (C=O) groups excluding carboxylic acids is 1. The molecule has 1 rings (SSSR count). The van der Waals surface area contributed by atoms with Crippen LogP contribution in [0.2, 0.25) is 0 Å². The zero-order chi connectivity index (χ0) is 15.0. The molecule has 20 heavy (non-hydrogen) atoms. The van der Waals surface area contributed by atoms with Gasteiger partial charge in [-0.3, -0.25) is 4.79 Å². The van der Waals surface area contributed by atoms with Crippen molar-refractivity contribution in [1.29, 1.82) is 5.26 Å². The first kappa shape index (κ1) is 15.9. The monoisotopic (exact) mass is 279 g/mol. The molecule has 5 nitrogen and oxygen atoms in total. The second kappa shape index (κ2) is 8.12. The summed E-state index contributed by atoms with van der Waals surface area (Å²) in [4.78, 5) is 11.2. The molecule has 1 amide bonds. The van der Waals surface area contributed by atoms with Crippen LogP contribution in [0, 0.1) is 17.1 Å². The molecule has 0 saturated carbocycles. The number of nitriles is 1. The molecule has 6 heteroatoms. The second-order valence-electron chi connectivity index (χ2n) is 4.19. The fourth-order valence-corrected chi connectivity index (χ4v) is 1.70. The lowest BCUT2D eigenvalue weighted by molar-refractivity contribution is -0.122. The first-order chi connectivity index (χ1) is 9.58. The van der Waals surface area contributed by atoms with Gasteiger partial charge in [0.05, 0.1) is 6.07 Å². The Balaban J connectivity index is 2.59. The molecule has 0 spiro atoms. The van der Waals surface area contributed by atoms with Gasteiger partial charge < -0.3 is 15.4 Å². The SMILES string of the molecule is CCNC(C)c1ccc(OCC(=O)NCC#N)cc1F. The lowest BCUT2D eigenvalue weighted by Crippen LogP contribution is -2.29. The van der Waals surface area contributed by atoms with E-state index in [1.807, 2.05) is 13.8 Å². The molecule has 0 heterocycles. The maximum Gasteiger partial charge on any atom is 0.258 e. The number of benzene rings is 1. The Morgan fingerprint density at radius 1 is 1.55 bits per heavy atom. The van der Waals surface area contributed by atoms with Crippen LogP contribution in [0.3, 0.4) is 0 Å². The van der Waals surface area contributed by atoms with Gasteiger partial charge in [-0.25, -0.2) is 4.39 Å². The lowest BCUT2D eigenvalue weighted by atomic mass is 10.1. The highest BCUT2D eigenvalue weighted by molar-refractivity contribution is 5.77. The number of nitrogens with zero attached hydrogens (tertiary/aromatic N) is 1. The zero-order valence-electron chi connectivity index (χ0n) is 11.6. The molecule has 0 bridgehead atoms. The van der Waals surface area contributed by atoms with E-state index in [-0.39, 0.29) is 30.8 Å².